The highest BCUT2D eigenvalue weighted by molar-refractivity contribution is 7.99. The number of nitrogens with zero attached hydrogens (tertiary/aromatic N) is 5. The highest BCUT2D eigenvalue weighted by Gasteiger charge is 2.13. The third-order valence-corrected chi connectivity index (χ3v) is 4.02. The van der Waals surface area contributed by atoms with E-state index in [1.54, 1.807) is 37.3 Å². The molecule has 0 spiro atoms. The van der Waals surface area contributed by atoms with Crippen molar-refractivity contribution in [2.75, 3.05) is 16.4 Å². The second-order valence-electron chi connectivity index (χ2n) is 5.26. The minimum Gasteiger partial charge on any atom is -0.360 e. The molecule has 2 heterocycles. The third kappa shape index (κ3) is 4.45. The summed E-state index contributed by atoms with van der Waals surface area (Å²) >= 11 is 1.18. The van der Waals surface area contributed by atoms with Crippen molar-refractivity contribution in [1.29, 1.82) is 0 Å². The van der Waals surface area contributed by atoms with Gasteiger partial charge in [-0.1, -0.05) is 16.9 Å². The lowest BCUT2D eigenvalue weighted by Crippen LogP contribution is -2.14. The van der Waals surface area contributed by atoms with Crippen LogP contribution < -0.4 is 10.6 Å². The largest absolute Gasteiger partial charge is 0.360 e. The average Bonchev–Trinajstić information content (AvgIpc) is 3.22. The zero-order valence-electron chi connectivity index (χ0n) is 14.0. The van der Waals surface area contributed by atoms with Crippen molar-refractivity contribution in [1.82, 2.24) is 25.4 Å². The van der Waals surface area contributed by atoms with Crippen molar-refractivity contribution in [2.24, 2.45) is 0 Å². The SMILES string of the molecule is CC(=O)Nc1ccc(-n2nnnc2SCC(=O)Nc2cc(C)on2)cc1. The number of aromatic nitrogens is 5. The Morgan fingerprint density at radius 2 is 2.00 bits per heavy atom. The quantitative estimate of drug-likeness (QED) is 0.624. The molecule has 3 aromatic rings. The normalized spacial score (nSPS) is 10.5. The van der Waals surface area contributed by atoms with Crippen LogP contribution in [0.5, 0.6) is 0 Å². The second kappa shape index (κ2) is 7.78. The first kappa shape index (κ1) is 17.6. The van der Waals surface area contributed by atoms with Crippen LogP contribution in [-0.4, -0.2) is 42.9 Å². The summed E-state index contributed by atoms with van der Waals surface area (Å²) in [4.78, 5) is 23.0. The van der Waals surface area contributed by atoms with E-state index in [0.29, 0.717) is 28.1 Å². The number of anilines is 2. The monoisotopic (exact) mass is 373 g/mol. The molecule has 0 unspecified atom stereocenters. The van der Waals surface area contributed by atoms with Gasteiger partial charge in [0.15, 0.2) is 5.82 Å². The number of carbonyl (C=O) groups is 2. The number of rotatable bonds is 6. The molecule has 0 saturated carbocycles. The Morgan fingerprint density at radius 3 is 2.65 bits per heavy atom. The van der Waals surface area contributed by atoms with Gasteiger partial charge in [-0.3, -0.25) is 9.59 Å². The molecule has 11 heteroatoms. The molecule has 0 bridgehead atoms. The summed E-state index contributed by atoms with van der Waals surface area (Å²) < 4.78 is 6.40. The summed E-state index contributed by atoms with van der Waals surface area (Å²) in [6.07, 6.45) is 0. The maximum Gasteiger partial charge on any atom is 0.236 e. The predicted octanol–water partition coefficient (Wildman–Crippen LogP) is 1.65. The van der Waals surface area contributed by atoms with E-state index in [2.05, 4.69) is 31.3 Å². The number of hydrogen-bond acceptors (Lipinski definition) is 8. The van der Waals surface area contributed by atoms with E-state index in [0.717, 1.165) is 0 Å². The molecule has 134 valence electrons. The van der Waals surface area contributed by atoms with Gasteiger partial charge in [-0.15, -0.1) is 5.10 Å². The van der Waals surface area contributed by atoms with E-state index in [1.165, 1.54) is 23.4 Å². The van der Waals surface area contributed by atoms with E-state index in [9.17, 15) is 9.59 Å². The summed E-state index contributed by atoms with van der Waals surface area (Å²) in [7, 11) is 0. The van der Waals surface area contributed by atoms with Crippen LogP contribution in [0.3, 0.4) is 0 Å². The summed E-state index contributed by atoms with van der Waals surface area (Å²) in [6.45, 7) is 3.18. The molecular weight excluding hydrogens is 358 g/mol. The molecule has 0 fully saturated rings. The Morgan fingerprint density at radius 1 is 1.23 bits per heavy atom. The number of hydrogen-bond donors (Lipinski definition) is 2. The number of nitrogens with one attached hydrogen (secondary N) is 2. The van der Waals surface area contributed by atoms with Gasteiger partial charge in [-0.05, 0) is 41.6 Å². The predicted molar refractivity (Wildman–Crippen MR) is 94.1 cm³/mol. The lowest BCUT2D eigenvalue weighted by Gasteiger charge is -2.06. The van der Waals surface area contributed by atoms with E-state index < -0.39 is 0 Å². The third-order valence-electron chi connectivity index (χ3n) is 3.10. The number of benzene rings is 1. The molecular formula is C15H15N7O3S. The zero-order chi connectivity index (χ0) is 18.5. The van der Waals surface area contributed by atoms with Crippen LogP contribution >= 0.6 is 11.8 Å². The fourth-order valence-electron chi connectivity index (χ4n) is 2.05. The molecule has 0 aliphatic rings. The molecule has 2 N–H and O–H groups in total. The lowest BCUT2D eigenvalue weighted by atomic mass is 10.3. The Hall–Kier alpha value is -3.21. The fraction of sp³-hybridized carbons (Fsp3) is 0.200. The second-order valence-corrected chi connectivity index (χ2v) is 6.20. The minimum absolute atomic E-state index is 0.107. The highest BCUT2D eigenvalue weighted by atomic mass is 32.2. The summed E-state index contributed by atoms with van der Waals surface area (Å²) in [5, 5.41) is 21.0. The average molecular weight is 373 g/mol. The van der Waals surface area contributed by atoms with E-state index in [1.807, 2.05) is 0 Å². The molecule has 3 rings (SSSR count). The van der Waals surface area contributed by atoms with Gasteiger partial charge in [0.25, 0.3) is 0 Å². The van der Waals surface area contributed by atoms with Crippen LogP contribution in [0.2, 0.25) is 0 Å². The molecule has 26 heavy (non-hydrogen) atoms. The van der Waals surface area contributed by atoms with Crippen molar-refractivity contribution in [3.8, 4) is 5.69 Å². The number of aryl methyl sites for hydroxylation is 1. The standard InChI is InChI=1S/C15H15N7O3S/c1-9-7-13(19-25-9)17-14(24)8-26-15-18-20-21-22(15)12-5-3-11(4-6-12)16-10(2)23/h3-7H,8H2,1-2H3,(H,16,23)(H,17,19,24). The van der Waals surface area contributed by atoms with E-state index in [-0.39, 0.29) is 17.6 Å². The van der Waals surface area contributed by atoms with Crippen molar-refractivity contribution >= 4 is 35.1 Å². The van der Waals surface area contributed by atoms with Crippen LogP contribution in [0.1, 0.15) is 12.7 Å². The van der Waals surface area contributed by atoms with Gasteiger partial charge < -0.3 is 15.2 Å². The highest BCUT2D eigenvalue weighted by Crippen LogP contribution is 2.20. The Labute approximate surface area is 152 Å². The van der Waals surface area contributed by atoms with Gasteiger partial charge in [0, 0.05) is 18.7 Å². The van der Waals surface area contributed by atoms with Crippen molar-refractivity contribution in [3.05, 3.63) is 36.1 Å². The van der Waals surface area contributed by atoms with Gasteiger partial charge in [-0.25, -0.2) is 0 Å². The summed E-state index contributed by atoms with van der Waals surface area (Å²) in [5.74, 6) is 0.681. The maximum atomic E-state index is 12.0. The van der Waals surface area contributed by atoms with Gasteiger partial charge in [0.05, 0.1) is 11.4 Å². The molecule has 0 aliphatic carbocycles. The van der Waals surface area contributed by atoms with Crippen LogP contribution in [-0.2, 0) is 9.59 Å². The number of thioether (sulfide) groups is 1. The fourth-order valence-corrected chi connectivity index (χ4v) is 2.75. The molecule has 0 radical (unpaired) electrons. The molecule has 0 aliphatic heterocycles. The Bertz CT molecular complexity index is 919. The first-order valence-corrected chi connectivity index (χ1v) is 8.52. The molecule has 0 saturated heterocycles. The molecule has 1 aromatic carbocycles. The Kier molecular flexibility index (Phi) is 5.27. The minimum atomic E-state index is -0.251. The van der Waals surface area contributed by atoms with Crippen LogP contribution in [0.4, 0.5) is 11.5 Å². The van der Waals surface area contributed by atoms with E-state index in [4.69, 9.17) is 4.52 Å². The summed E-state index contributed by atoms with van der Waals surface area (Å²) in [5.41, 5.74) is 1.38. The number of tetrazole rings is 1. The zero-order valence-corrected chi connectivity index (χ0v) is 14.8. The number of carbonyl (C=O) groups excluding carboxylic acids is 2. The maximum absolute atomic E-state index is 12.0. The first-order chi connectivity index (χ1) is 12.5. The topological polar surface area (TPSA) is 128 Å². The molecule has 2 aromatic heterocycles. The van der Waals surface area contributed by atoms with Crippen LogP contribution in [0.25, 0.3) is 5.69 Å². The first-order valence-electron chi connectivity index (χ1n) is 7.53. The van der Waals surface area contributed by atoms with Gasteiger partial charge in [0.2, 0.25) is 17.0 Å². The van der Waals surface area contributed by atoms with Crippen molar-refractivity contribution in [3.63, 3.8) is 0 Å². The Balaban J connectivity index is 1.63. The molecule has 10 nitrogen and oxygen atoms in total. The van der Waals surface area contributed by atoms with Gasteiger partial charge in [0.1, 0.15) is 5.76 Å². The molecule has 2 amide bonds. The van der Waals surface area contributed by atoms with Crippen molar-refractivity contribution < 1.29 is 14.1 Å². The van der Waals surface area contributed by atoms with Gasteiger partial charge in [-0.2, -0.15) is 4.68 Å². The van der Waals surface area contributed by atoms with Crippen LogP contribution in [0, 0.1) is 6.92 Å². The smallest absolute Gasteiger partial charge is 0.236 e. The summed E-state index contributed by atoms with van der Waals surface area (Å²) in [6, 6.07) is 8.65. The van der Waals surface area contributed by atoms with Crippen LogP contribution in [0.15, 0.2) is 40.0 Å². The van der Waals surface area contributed by atoms with E-state index >= 15 is 0 Å². The molecule has 0 atom stereocenters. The van der Waals surface area contributed by atoms with Crippen molar-refractivity contribution in [2.45, 2.75) is 19.0 Å². The lowest BCUT2D eigenvalue weighted by molar-refractivity contribution is -0.114. The van der Waals surface area contributed by atoms with Gasteiger partial charge >= 0.3 is 0 Å². The number of amides is 2.